The van der Waals surface area contributed by atoms with Gasteiger partial charge in [-0.05, 0) is 22.5 Å². The lowest BCUT2D eigenvalue weighted by atomic mass is 10.0. The Hall–Kier alpha value is -0.240. The molecule has 1 aromatic carbocycles. The number of hydrogen-bond donors (Lipinski definition) is 1. The quantitative estimate of drug-likeness (QED) is 0.853. The highest BCUT2D eigenvalue weighted by Gasteiger charge is 2.64. The van der Waals surface area contributed by atoms with Crippen molar-refractivity contribution in [2.75, 3.05) is 0 Å². The van der Waals surface area contributed by atoms with E-state index in [0.717, 1.165) is 12.1 Å². The Morgan fingerprint density at radius 1 is 1.12 bits per heavy atom. The molecule has 2 rings (SSSR count). The van der Waals surface area contributed by atoms with Crippen molar-refractivity contribution in [1.82, 2.24) is 5.32 Å². The first-order chi connectivity index (χ1) is 7.78. The van der Waals surface area contributed by atoms with Gasteiger partial charge in [-0.3, -0.25) is 0 Å². The second-order valence-corrected chi connectivity index (χ2v) is 6.76. The molecule has 1 aliphatic rings. The maximum Gasteiger partial charge on any atom is 0.0637 e. The van der Waals surface area contributed by atoms with Gasteiger partial charge in [-0.25, -0.2) is 0 Å². The fourth-order valence-corrected chi connectivity index (χ4v) is 2.99. The SMILES string of the molecule is CC1(C)C(NCc2cccc(Cl)c2Cl)C1(C)C. The topological polar surface area (TPSA) is 12.0 Å². The van der Waals surface area contributed by atoms with Crippen LogP contribution in [0.4, 0.5) is 0 Å². The van der Waals surface area contributed by atoms with E-state index in [0.29, 0.717) is 26.9 Å². The summed E-state index contributed by atoms with van der Waals surface area (Å²) in [4.78, 5) is 0. The van der Waals surface area contributed by atoms with Crippen molar-refractivity contribution in [3.05, 3.63) is 33.8 Å². The zero-order valence-corrected chi connectivity index (χ0v) is 12.3. The average Bonchev–Trinajstić information content (AvgIpc) is 2.61. The van der Waals surface area contributed by atoms with Gasteiger partial charge in [0.15, 0.2) is 0 Å². The minimum Gasteiger partial charge on any atom is -0.309 e. The van der Waals surface area contributed by atoms with Crippen molar-refractivity contribution in [3.8, 4) is 0 Å². The Bertz CT molecular complexity index is 424. The van der Waals surface area contributed by atoms with Crippen molar-refractivity contribution in [2.24, 2.45) is 10.8 Å². The highest BCUT2D eigenvalue weighted by molar-refractivity contribution is 6.42. The third-order valence-corrected chi connectivity index (χ3v) is 5.41. The van der Waals surface area contributed by atoms with Gasteiger partial charge in [-0.15, -0.1) is 0 Å². The van der Waals surface area contributed by atoms with Gasteiger partial charge in [0.1, 0.15) is 0 Å². The fourth-order valence-electron chi connectivity index (χ4n) is 2.60. The van der Waals surface area contributed by atoms with Crippen molar-refractivity contribution in [2.45, 2.75) is 40.3 Å². The van der Waals surface area contributed by atoms with E-state index in [1.165, 1.54) is 0 Å². The fraction of sp³-hybridized carbons (Fsp3) is 0.571. The zero-order valence-electron chi connectivity index (χ0n) is 10.8. The van der Waals surface area contributed by atoms with Crippen LogP contribution in [0.15, 0.2) is 18.2 Å². The summed E-state index contributed by atoms with van der Waals surface area (Å²) in [5.74, 6) is 0. The molecule has 1 aliphatic carbocycles. The van der Waals surface area contributed by atoms with Crippen LogP contribution in [-0.2, 0) is 6.54 Å². The van der Waals surface area contributed by atoms with Gasteiger partial charge in [0.25, 0.3) is 0 Å². The lowest BCUT2D eigenvalue weighted by Crippen LogP contribution is -2.21. The first-order valence-corrected chi connectivity index (χ1v) is 6.70. The number of hydrogen-bond acceptors (Lipinski definition) is 1. The minimum atomic E-state index is 0.345. The Morgan fingerprint density at radius 2 is 1.71 bits per heavy atom. The van der Waals surface area contributed by atoms with Crippen LogP contribution >= 0.6 is 23.2 Å². The lowest BCUT2D eigenvalue weighted by molar-refractivity contribution is 0.457. The normalized spacial score (nSPS) is 21.5. The molecule has 0 unspecified atom stereocenters. The molecule has 0 aromatic heterocycles. The summed E-state index contributed by atoms with van der Waals surface area (Å²) in [5, 5.41) is 4.87. The molecule has 3 heteroatoms. The van der Waals surface area contributed by atoms with Crippen LogP contribution in [0, 0.1) is 10.8 Å². The van der Waals surface area contributed by atoms with Crippen molar-refractivity contribution in [1.29, 1.82) is 0 Å². The maximum absolute atomic E-state index is 6.17. The molecule has 1 nitrogen and oxygen atoms in total. The predicted octanol–water partition coefficient (Wildman–Crippen LogP) is 4.52. The van der Waals surface area contributed by atoms with Crippen LogP contribution < -0.4 is 5.32 Å². The predicted molar refractivity (Wildman–Crippen MR) is 74.7 cm³/mol. The molecule has 0 saturated heterocycles. The second kappa shape index (κ2) is 4.15. The van der Waals surface area contributed by atoms with E-state index in [9.17, 15) is 0 Å². The van der Waals surface area contributed by atoms with Crippen molar-refractivity contribution < 1.29 is 0 Å². The molecule has 0 amide bonds. The summed E-state index contributed by atoms with van der Waals surface area (Å²) < 4.78 is 0. The zero-order chi connectivity index (χ0) is 12.8. The first kappa shape index (κ1) is 13.2. The Morgan fingerprint density at radius 3 is 2.24 bits per heavy atom. The van der Waals surface area contributed by atoms with E-state index in [1.807, 2.05) is 18.2 Å². The van der Waals surface area contributed by atoms with Gasteiger partial charge in [0, 0.05) is 12.6 Å². The molecule has 0 radical (unpaired) electrons. The monoisotopic (exact) mass is 271 g/mol. The van der Waals surface area contributed by atoms with Crippen LogP contribution in [0.1, 0.15) is 33.3 Å². The maximum atomic E-state index is 6.17. The first-order valence-electron chi connectivity index (χ1n) is 5.95. The van der Waals surface area contributed by atoms with E-state index in [2.05, 4.69) is 33.0 Å². The molecule has 1 saturated carbocycles. The minimum absolute atomic E-state index is 0.345. The van der Waals surface area contributed by atoms with Gasteiger partial charge < -0.3 is 5.32 Å². The second-order valence-electron chi connectivity index (χ2n) is 5.97. The molecular weight excluding hydrogens is 253 g/mol. The highest BCUT2D eigenvalue weighted by Crippen LogP contribution is 2.62. The Kier molecular flexibility index (Phi) is 3.22. The Balaban J connectivity index is 2.03. The number of rotatable bonds is 3. The highest BCUT2D eigenvalue weighted by atomic mass is 35.5. The van der Waals surface area contributed by atoms with Gasteiger partial charge in [0.05, 0.1) is 10.0 Å². The molecule has 1 N–H and O–H groups in total. The van der Waals surface area contributed by atoms with Gasteiger partial charge in [-0.1, -0.05) is 63.0 Å². The van der Waals surface area contributed by atoms with Crippen LogP contribution in [0.5, 0.6) is 0 Å². The summed E-state index contributed by atoms with van der Waals surface area (Å²) in [6, 6.07) is 6.31. The van der Waals surface area contributed by atoms with E-state index in [-0.39, 0.29) is 0 Å². The third kappa shape index (κ3) is 2.09. The van der Waals surface area contributed by atoms with Gasteiger partial charge in [0.2, 0.25) is 0 Å². The van der Waals surface area contributed by atoms with Gasteiger partial charge in [-0.2, -0.15) is 0 Å². The summed E-state index contributed by atoms with van der Waals surface area (Å²) in [6.07, 6.45) is 0. The summed E-state index contributed by atoms with van der Waals surface area (Å²) >= 11 is 12.2. The number of benzene rings is 1. The van der Waals surface area contributed by atoms with Crippen LogP contribution in [0.25, 0.3) is 0 Å². The van der Waals surface area contributed by atoms with Crippen LogP contribution in [0.2, 0.25) is 10.0 Å². The van der Waals surface area contributed by atoms with E-state index in [4.69, 9.17) is 23.2 Å². The average molecular weight is 272 g/mol. The molecule has 0 atom stereocenters. The van der Waals surface area contributed by atoms with E-state index >= 15 is 0 Å². The molecule has 1 aromatic rings. The molecule has 1 fully saturated rings. The van der Waals surface area contributed by atoms with Crippen LogP contribution in [-0.4, -0.2) is 6.04 Å². The number of halogens is 2. The molecule has 0 aliphatic heterocycles. The lowest BCUT2D eigenvalue weighted by Gasteiger charge is -2.09. The summed E-state index contributed by atoms with van der Waals surface area (Å²) in [5.41, 5.74) is 1.76. The summed E-state index contributed by atoms with van der Waals surface area (Å²) in [7, 11) is 0. The standard InChI is InChI=1S/C14H19Cl2N/c1-13(2)12(14(13,3)4)17-8-9-6-5-7-10(15)11(9)16/h5-7,12,17H,8H2,1-4H3. The Labute approximate surface area is 114 Å². The van der Waals surface area contributed by atoms with Gasteiger partial charge >= 0.3 is 0 Å². The molecule has 94 valence electrons. The van der Waals surface area contributed by atoms with E-state index in [1.54, 1.807) is 0 Å². The smallest absolute Gasteiger partial charge is 0.0637 e. The molecular formula is C14H19Cl2N. The van der Waals surface area contributed by atoms with E-state index < -0.39 is 0 Å². The molecule has 0 heterocycles. The molecule has 0 bridgehead atoms. The van der Waals surface area contributed by atoms with Crippen molar-refractivity contribution in [3.63, 3.8) is 0 Å². The molecule has 0 spiro atoms. The van der Waals surface area contributed by atoms with Crippen molar-refractivity contribution >= 4 is 23.2 Å². The summed E-state index contributed by atoms with van der Waals surface area (Å²) in [6.45, 7) is 9.96. The third-order valence-electron chi connectivity index (χ3n) is 4.55. The molecule has 17 heavy (non-hydrogen) atoms. The van der Waals surface area contributed by atoms with Crippen LogP contribution in [0.3, 0.4) is 0 Å². The largest absolute Gasteiger partial charge is 0.309 e. The number of nitrogens with one attached hydrogen (secondary N) is 1.